The largest absolute Gasteiger partial charge is 0.397 e. The van der Waals surface area contributed by atoms with Gasteiger partial charge in [-0.25, -0.2) is 0 Å². The highest BCUT2D eigenvalue weighted by atomic mass is 32.2. The molecule has 1 rings (SSSR count). The summed E-state index contributed by atoms with van der Waals surface area (Å²) < 4.78 is 1.09. The number of thiophene rings is 1. The lowest BCUT2D eigenvalue weighted by atomic mass is 10.4. The van der Waals surface area contributed by atoms with Crippen LogP contribution in [0.4, 0.5) is 5.69 Å². The standard InChI is InChI=1S/C6H6N2S2/c1-9-6-2-4(8)5(3-7)10-6/h2H,8H2,1H3. The molecule has 0 fully saturated rings. The molecule has 1 aromatic rings. The van der Waals surface area contributed by atoms with Crippen LogP contribution >= 0.6 is 23.1 Å². The van der Waals surface area contributed by atoms with E-state index < -0.39 is 0 Å². The number of hydrogen-bond donors (Lipinski definition) is 1. The predicted octanol–water partition coefficient (Wildman–Crippen LogP) is 1.92. The Hall–Kier alpha value is -0.660. The first-order chi connectivity index (χ1) is 4.77. The molecular formula is C6H6N2S2. The summed E-state index contributed by atoms with van der Waals surface area (Å²) in [5.41, 5.74) is 6.10. The molecule has 1 heterocycles. The van der Waals surface area contributed by atoms with Gasteiger partial charge in [0.15, 0.2) is 0 Å². The van der Waals surface area contributed by atoms with Gasteiger partial charge in [0.25, 0.3) is 0 Å². The maximum absolute atomic E-state index is 8.50. The van der Waals surface area contributed by atoms with Crippen molar-refractivity contribution < 1.29 is 0 Å². The van der Waals surface area contributed by atoms with Gasteiger partial charge in [-0.15, -0.1) is 23.1 Å². The minimum atomic E-state index is 0.594. The normalized spacial score (nSPS) is 9.20. The van der Waals surface area contributed by atoms with Crippen LogP contribution in [0.15, 0.2) is 10.3 Å². The molecule has 4 heteroatoms. The molecule has 0 spiro atoms. The van der Waals surface area contributed by atoms with Crippen LogP contribution < -0.4 is 5.73 Å². The average Bonchev–Trinajstić information content (AvgIpc) is 2.30. The van der Waals surface area contributed by atoms with E-state index in [4.69, 9.17) is 11.0 Å². The van der Waals surface area contributed by atoms with Gasteiger partial charge in [-0.05, 0) is 12.3 Å². The summed E-state index contributed by atoms with van der Waals surface area (Å²) in [5.74, 6) is 0. The maximum Gasteiger partial charge on any atom is 0.128 e. The lowest BCUT2D eigenvalue weighted by Crippen LogP contribution is -1.81. The van der Waals surface area contributed by atoms with E-state index in [-0.39, 0.29) is 0 Å². The molecule has 0 bridgehead atoms. The Labute approximate surface area is 67.7 Å². The van der Waals surface area contributed by atoms with Crippen molar-refractivity contribution in [2.24, 2.45) is 0 Å². The molecule has 2 nitrogen and oxygen atoms in total. The first-order valence-corrected chi connectivity index (χ1v) is 4.65. The topological polar surface area (TPSA) is 49.8 Å². The summed E-state index contributed by atoms with van der Waals surface area (Å²) in [6.07, 6.45) is 1.96. The van der Waals surface area contributed by atoms with E-state index in [1.165, 1.54) is 11.3 Å². The maximum atomic E-state index is 8.50. The van der Waals surface area contributed by atoms with Crippen LogP contribution in [0.5, 0.6) is 0 Å². The van der Waals surface area contributed by atoms with Crippen molar-refractivity contribution in [1.82, 2.24) is 0 Å². The molecule has 0 aromatic carbocycles. The van der Waals surface area contributed by atoms with Gasteiger partial charge in [-0.3, -0.25) is 0 Å². The zero-order valence-corrected chi connectivity index (χ0v) is 7.05. The van der Waals surface area contributed by atoms with E-state index >= 15 is 0 Å². The summed E-state index contributed by atoms with van der Waals surface area (Å²) >= 11 is 3.04. The van der Waals surface area contributed by atoms with Crippen molar-refractivity contribution in [3.63, 3.8) is 0 Å². The van der Waals surface area contributed by atoms with Crippen LogP contribution in [0.25, 0.3) is 0 Å². The van der Waals surface area contributed by atoms with Crippen molar-refractivity contribution in [1.29, 1.82) is 5.26 Å². The van der Waals surface area contributed by atoms with E-state index in [0.29, 0.717) is 10.6 Å². The Bertz CT molecular complexity index is 272. The molecule has 52 valence electrons. The number of thioether (sulfide) groups is 1. The summed E-state index contributed by atoms with van der Waals surface area (Å²) in [5, 5.41) is 8.50. The number of hydrogen-bond acceptors (Lipinski definition) is 4. The Kier molecular flexibility index (Phi) is 2.20. The fourth-order valence-electron chi connectivity index (χ4n) is 0.569. The summed E-state index contributed by atoms with van der Waals surface area (Å²) in [6, 6.07) is 3.86. The number of rotatable bonds is 1. The number of nitrogens with zero attached hydrogens (tertiary/aromatic N) is 1. The molecule has 0 radical (unpaired) electrons. The smallest absolute Gasteiger partial charge is 0.128 e. The molecule has 0 amide bonds. The number of anilines is 1. The van der Waals surface area contributed by atoms with Gasteiger partial charge in [-0.2, -0.15) is 5.26 Å². The predicted molar refractivity (Wildman–Crippen MR) is 45.2 cm³/mol. The minimum absolute atomic E-state index is 0.594. The third-order valence-corrected chi connectivity index (χ3v) is 3.16. The Balaban J connectivity index is 3.07. The van der Waals surface area contributed by atoms with Gasteiger partial charge < -0.3 is 5.73 Å². The molecule has 0 aliphatic carbocycles. The van der Waals surface area contributed by atoms with Crippen LogP contribution in [0.3, 0.4) is 0 Å². The van der Waals surface area contributed by atoms with Crippen molar-refractivity contribution in [2.75, 3.05) is 12.0 Å². The molecule has 0 unspecified atom stereocenters. The van der Waals surface area contributed by atoms with E-state index in [9.17, 15) is 0 Å². The quantitative estimate of drug-likeness (QED) is 0.655. The van der Waals surface area contributed by atoms with Crippen LogP contribution in [-0.2, 0) is 0 Å². The Morgan fingerprint density at radius 2 is 2.50 bits per heavy atom. The molecule has 2 N–H and O–H groups in total. The van der Waals surface area contributed by atoms with Gasteiger partial charge in [-0.1, -0.05) is 0 Å². The lowest BCUT2D eigenvalue weighted by molar-refractivity contribution is 1.52. The zero-order chi connectivity index (χ0) is 7.56. The number of nitriles is 1. The summed E-state index contributed by atoms with van der Waals surface area (Å²) in [4.78, 5) is 0.615. The monoisotopic (exact) mass is 170 g/mol. The third-order valence-electron chi connectivity index (χ3n) is 1.04. The van der Waals surface area contributed by atoms with E-state index in [0.717, 1.165) is 4.21 Å². The summed E-state index contributed by atoms with van der Waals surface area (Å²) in [7, 11) is 0. The van der Waals surface area contributed by atoms with Crippen molar-refractivity contribution in [3.05, 3.63) is 10.9 Å². The molecule has 0 aliphatic heterocycles. The molecule has 0 aliphatic rings. The SMILES string of the molecule is CSc1cc(N)c(C#N)s1. The van der Waals surface area contributed by atoms with Crippen molar-refractivity contribution in [3.8, 4) is 6.07 Å². The molecular weight excluding hydrogens is 164 g/mol. The average molecular weight is 170 g/mol. The summed E-state index contributed by atoms with van der Waals surface area (Å²) in [6.45, 7) is 0. The lowest BCUT2D eigenvalue weighted by Gasteiger charge is -1.79. The van der Waals surface area contributed by atoms with Crippen LogP contribution in [0.2, 0.25) is 0 Å². The van der Waals surface area contributed by atoms with E-state index in [1.807, 2.05) is 18.4 Å². The van der Waals surface area contributed by atoms with Gasteiger partial charge in [0.05, 0.1) is 9.90 Å². The van der Waals surface area contributed by atoms with Gasteiger partial charge in [0, 0.05) is 0 Å². The second kappa shape index (κ2) is 2.95. The van der Waals surface area contributed by atoms with Crippen LogP contribution in [-0.4, -0.2) is 6.26 Å². The molecule has 1 aromatic heterocycles. The third kappa shape index (κ3) is 1.25. The molecule has 0 saturated heterocycles. The number of nitrogen functional groups attached to an aromatic ring is 1. The first kappa shape index (κ1) is 7.45. The highest BCUT2D eigenvalue weighted by molar-refractivity contribution is 8.00. The minimum Gasteiger partial charge on any atom is -0.397 e. The van der Waals surface area contributed by atoms with E-state index in [2.05, 4.69) is 0 Å². The van der Waals surface area contributed by atoms with Crippen LogP contribution in [0, 0.1) is 11.3 Å². The Morgan fingerprint density at radius 3 is 2.80 bits per heavy atom. The van der Waals surface area contributed by atoms with Gasteiger partial charge in [0.1, 0.15) is 10.9 Å². The van der Waals surface area contributed by atoms with Gasteiger partial charge in [0.2, 0.25) is 0 Å². The fourth-order valence-corrected chi connectivity index (χ4v) is 2.01. The van der Waals surface area contributed by atoms with Crippen LogP contribution in [0.1, 0.15) is 4.88 Å². The van der Waals surface area contributed by atoms with E-state index in [1.54, 1.807) is 11.8 Å². The second-order valence-electron chi connectivity index (χ2n) is 1.67. The highest BCUT2D eigenvalue weighted by Crippen LogP contribution is 2.30. The highest BCUT2D eigenvalue weighted by Gasteiger charge is 2.02. The van der Waals surface area contributed by atoms with Gasteiger partial charge >= 0.3 is 0 Å². The Morgan fingerprint density at radius 1 is 1.80 bits per heavy atom. The zero-order valence-electron chi connectivity index (χ0n) is 5.42. The second-order valence-corrected chi connectivity index (χ2v) is 3.82. The fraction of sp³-hybridized carbons (Fsp3) is 0.167. The van der Waals surface area contributed by atoms with Crippen molar-refractivity contribution in [2.45, 2.75) is 4.21 Å². The first-order valence-electron chi connectivity index (χ1n) is 2.61. The molecule has 10 heavy (non-hydrogen) atoms. The molecule has 0 atom stereocenters. The molecule has 0 saturated carbocycles. The van der Waals surface area contributed by atoms with Crippen molar-refractivity contribution >= 4 is 28.8 Å². The number of nitrogens with two attached hydrogens (primary N) is 1.